The number of rotatable bonds is 5. The number of hydrogen-bond acceptors (Lipinski definition) is 6. The minimum absolute atomic E-state index is 0.0148. The summed E-state index contributed by atoms with van der Waals surface area (Å²) in [4.78, 5) is 23.8. The van der Waals surface area contributed by atoms with E-state index in [0.717, 1.165) is 44.9 Å². The zero-order valence-corrected chi connectivity index (χ0v) is 20.8. The average Bonchev–Trinajstić information content (AvgIpc) is 3.41. The van der Waals surface area contributed by atoms with Crippen LogP contribution in [0.4, 0.5) is 0 Å². The number of carbonyl (C=O) groups is 2. The standard InChI is InChI=1S/C27H40O6/c1-6-31-23(29)15-26(5,30)27-22(33-27)14-21-19-8-7-17-13-18(32-16(2)28)9-11-24(17,3)20(19)10-12-25(21,27)4/h7,18-22,30H,6,8-15H2,1-5H3. The van der Waals surface area contributed by atoms with E-state index in [1.165, 1.54) is 12.5 Å². The normalized spacial score (nSPS) is 47.1. The van der Waals surface area contributed by atoms with Gasteiger partial charge in [-0.3, -0.25) is 9.59 Å². The summed E-state index contributed by atoms with van der Waals surface area (Å²) in [7, 11) is 0. The minimum Gasteiger partial charge on any atom is -0.466 e. The lowest BCUT2D eigenvalue weighted by molar-refractivity contribution is -0.165. The van der Waals surface area contributed by atoms with Crippen LogP contribution in [0.2, 0.25) is 0 Å². The molecule has 0 radical (unpaired) electrons. The van der Waals surface area contributed by atoms with Crippen LogP contribution in [0, 0.1) is 28.6 Å². The number of carbonyl (C=O) groups excluding carboxylic acids is 2. The number of epoxide rings is 1. The Morgan fingerprint density at radius 2 is 2.00 bits per heavy atom. The molecular weight excluding hydrogens is 420 g/mol. The van der Waals surface area contributed by atoms with Crippen LogP contribution in [0.1, 0.15) is 86.0 Å². The molecule has 0 bridgehead atoms. The van der Waals surface area contributed by atoms with Gasteiger partial charge in [-0.05, 0) is 75.5 Å². The Morgan fingerprint density at radius 1 is 1.24 bits per heavy atom. The van der Waals surface area contributed by atoms with E-state index in [1.54, 1.807) is 13.8 Å². The van der Waals surface area contributed by atoms with E-state index in [0.29, 0.717) is 24.4 Å². The molecule has 4 aliphatic carbocycles. The van der Waals surface area contributed by atoms with Crippen molar-refractivity contribution >= 4 is 11.9 Å². The van der Waals surface area contributed by atoms with E-state index in [4.69, 9.17) is 14.2 Å². The third-order valence-electron chi connectivity index (χ3n) is 10.4. The molecule has 1 aliphatic heterocycles. The fraction of sp³-hybridized carbons (Fsp3) is 0.852. The maximum atomic E-state index is 12.3. The van der Waals surface area contributed by atoms with E-state index in [9.17, 15) is 14.7 Å². The minimum atomic E-state index is -1.23. The lowest BCUT2D eigenvalue weighted by Gasteiger charge is -2.59. The fourth-order valence-electron chi connectivity index (χ4n) is 9.03. The van der Waals surface area contributed by atoms with Crippen LogP contribution in [0.25, 0.3) is 0 Å². The van der Waals surface area contributed by atoms with Gasteiger partial charge < -0.3 is 19.3 Å². The van der Waals surface area contributed by atoms with Gasteiger partial charge in [-0.15, -0.1) is 0 Å². The second kappa shape index (κ2) is 7.55. The number of aliphatic hydroxyl groups is 1. The van der Waals surface area contributed by atoms with Crippen LogP contribution in [0.15, 0.2) is 11.6 Å². The second-order valence-corrected chi connectivity index (χ2v) is 12.0. The number of ether oxygens (including phenoxy) is 3. The van der Waals surface area contributed by atoms with Crippen molar-refractivity contribution in [3.05, 3.63) is 11.6 Å². The van der Waals surface area contributed by atoms with Crippen molar-refractivity contribution < 1.29 is 28.9 Å². The molecule has 33 heavy (non-hydrogen) atoms. The first-order valence-corrected chi connectivity index (χ1v) is 12.9. The average molecular weight is 461 g/mol. The predicted octanol–water partition coefficient (Wildman–Crippen LogP) is 4.33. The van der Waals surface area contributed by atoms with Crippen molar-refractivity contribution in [2.24, 2.45) is 28.6 Å². The van der Waals surface area contributed by atoms with E-state index in [1.807, 2.05) is 0 Å². The highest BCUT2D eigenvalue weighted by Gasteiger charge is 2.82. The van der Waals surface area contributed by atoms with Crippen molar-refractivity contribution in [3.63, 3.8) is 0 Å². The highest BCUT2D eigenvalue weighted by molar-refractivity contribution is 5.71. The van der Waals surface area contributed by atoms with Gasteiger partial charge in [0.2, 0.25) is 0 Å². The van der Waals surface area contributed by atoms with E-state index in [-0.39, 0.29) is 41.4 Å². The van der Waals surface area contributed by atoms with Gasteiger partial charge in [-0.25, -0.2) is 0 Å². The van der Waals surface area contributed by atoms with Gasteiger partial charge in [0.25, 0.3) is 0 Å². The quantitative estimate of drug-likeness (QED) is 0.373. The van der Waals surface area contributed by atoms with Crippen LogP contribution in [0.3, 0.4) is 0 Å². The van der Waals surface area contributed by atoms with E-state index in [2.05, 4.69) is 19.9 Å². The summed E-state index contributed by atoms with van der Waals surface area (Å²) < 4.78 is 17.0. The zero-order chi connectivity index (χ0) is 23.8. The maximum Gasteiger partial charge on any atom is 0.308 e. The number of allylic oxidation sites excluding steroid dienone is 1. The van der Waals surface area contributed by atoms with Gasteiger partial charge in [-0.1, -0.05) is 25.5 Å². The monoisotopic (exact) mass is 460 g/mol. The molecule has 0 amide bonds. The number of esters is 2. The van der Waals surface area contributed by atoms with Gasteiger partial charge in [0.15, 0.2) is 0 Å². The molecule has 0 aromatic heterocycles. The lowest BCUT2D eigenvalue weighted by atomic mass is 9.46. The van der Waals surface area contributed by atoms with Crippen molar-refractivity contribution in [2.75, 3.05) is 6.61 Å². The largest absolute Gasteiger partial charge is 0.466 e. The smallest absolute Gasteiger partial charge is 0.308 e. The van der Waals surface area contributed by atoms with E-state index >= 15 is 0 Å². The Kier molecular flexibility index (Phi) is 5.34. The molecule has 1 N–H and O–H groups in total. The number of fused-ring (bicyclic) bond motifs is 7. The summed E-state index contributed by atoms with van der Waals surface area (Å²) in [6.07, 6.45) is 9.44. The third-order valence-corrected chi connectivity index (χ3v) is 10.4. The molecule has 0 spiro atoms. The van der Waals surface area contributed by atoms with Gasteiger partial charge in [0, 0.05) is 18.8 Å². The third kappa shape index (κ3) is 3.19. The first kappa shape index (κ1) is 23.3. The molecule has 4 fully saturated rings. The topological polar surface area (TPSA) is 85.4 Å². The molecule has 3 saturated carbocycles. The molecule has 5 rings (SSSR count). The van der Waals surface area contributed by atoms with Gasteiger partial charge in [0.05, 0.1) is 19.1 Å². The fourth-order valence-corrected chi connectivity index (χ4v) is 9.03. The Labute approximate surface area is 197 Å². The zero-order valence-electron chi connectivity index (χ0n) is 20.8. The molecule has 0 aromatic rings. The summed E-state index contributed by atoms with van der Waals surface area (Å²) >= 11 is 0. The maximum absolute atomic E-state index is 12.3. The first-order chi connectivity index (χ1) is 15.5. The Morgan fingerprint density at radius 3 is 2.70 bits per heavy atom. The van der Waals surface area contributed by atoms with Crippen molar-refractivity contribution in [1.29, 1.82) is 0 Å². The summed E-state index contributed by atoms with van der Waals surface area (Å²) in [5.41, 5.74) is -0.392. The number of hydrogen-bond donors (Lipinski definition) is 1. The first-order valence-electron chi connectivity index (χ1n) is 12.9. The second-order valence-electron chi connectivity index (χ2n) is 12.0. The molecule has 184 valence electrons. The van der Waals surface area contributed by atoms with Crippen LogP contribution in [-0.2, 0) is 23.8 Å². The lowest BCUT2D eigenvalue weighted by Crippen LogP contribution is -2.59. The van der Waals surface area contributed by atoms with Gasteiger partial charge >= 0.3 is 11.9 Å². The van der Waals surface area contributed by atoms with Crippen LogP contribution < -0.4 is 0 Å². The Bertz CT molecular complexity index is 878. The van der Waals surface area contributed by atoms with Crippen molar-refractivity contribution in [1.82, 2.24) is 0 Å². The van der Waals surface area contributed by atoms with Crippen LogP contribution >= 0.6 is 0 Å². The summed E-state index contributed by atoms with van der Waals surface area (Å²) in [6, 6.07) is 0. The highest BCUT2D eigenvalue weighted by atomic mass is 16.6. The Balaban J connectivity index is 1.39. The predicted molar refractivity (Wildman–Crippen MR) is 122 cm³/mol. The van der Waals surface area contributed by atoms with E-state index < -0.39 is 11.2 Å². The molecule has 1 heterocycles. The van der Waals surface area contributed by atoms with Crippen LogP contribution in [-0.4, -0.2) is 47.1 Å². The van der Waals surface area contributed by atoms with Crippen molar-refractivity contribution in [2.45, 2.75) is 109 Å². The molecular formula is C27H40O6. The summed E-state index contributed by atoms with van der Waals surface area (Å²) in [5.74, 6) is 1.11. The van der Waals surface area contributed by atoms with Gasteiger partial charge in [0.1, 0.15) is 17.3 Å². The molecule has 5 aliphatic rings. The summed E-state index contributed by atoms with van der Waals surface area (Å²) in [6.45, 7) is 10.1. The van der Waals surface area contributed by atoms with Crippen molar-refractivity contribution in [3.8, 4) is 0 Å². The molecule has 1 saturated heterocycles. The van der Waals surface area contributed by atoms with Crippen LogP contribution in [0.5, 0.6) is 0 Å². The highest BCUT2D eigenvalue weighted by Crippen LogP contribution is 2.75. The molecule has 0 aromatic carbocycles. The SMILES string of the molecule is CCOC(=O)CC(C)(O)C12OC1CC1C3CC=C4CC(OC(C)=O)CCC4(C)C3CCC12C. The van der Waals surface area contributed by atoms with Gasteiger partial charge in [-0.2, -0.15) is 0 Å². The molecule has 6 nitrogen and oxygen atoms in total. The summed E-state index contributed by atoms with van der Waals surface area (Å²) in [5, 5.41) is 11.6. The molecule has 9 atom stereocenters. The Hall–Kier alpha value is -1.40. The molecule has 9 unspecified atom stereocenters. The molecule has 6 heteroatoms.